The number of likely N-dealkylation sites (tertiary alicyclic amines) is 1. The van der Waals surface area contributed by atoms with Gasteiger partial charge in [0.05, 0.1) is 29.1 Å². The molecule has 0 radical (unpaired) electrons. The highest BCUT2D eigenvalue weighted by Gasteiger charge is 2.43. The van der Waals surface area contributed by atoms with Gasteiger partial charge in [0.2, 0.25) is 0 Å². The van der Waals surface area contributed by atoms with Gasteiger partial charge in [-0.05, 0) is 82.8 Å². The molecule has 3 heterocycles. The van der Waals surface area contributed by atoms with Crippen LogP contribution in [0.3, 0.4) is 0 Å². The van der Waals surface area contributed by atoms with Gasteiger partial charge in [-0.1, -0.05) is 12.1 Å². The van der Waals surface area contributed by atoms with Gasteiger partial charge in [0.1, 0.15) is 0 Å². The molecule has 0 amide bonds. The molecule has 1 aliphatic heterocycles. The Labute approximate surface area is 162 Å². The quantitative estimate of drug-likeness (QED) is 0.764. The molecule has 3 atom stereocenters. The molecule has 0 aliphatic carbocycles. The van der Waals surface area contributed by atoms with E-state index in [1.165, 1.54) is 11.1 Å². The van der Waals surface area contributed by atoms with Crippen LogP contribution in [0.2, 0.25) is 0 Å². The molecule has 2 aromatic heterocycles. The largest absolute Gasteiger partial charge is 0.390 e. The Morgan fingerprint density at radius 1 is 1.04 bits per heavy atom. The minimum absolute atomic E-state index is 0.0686. The lowest BCUT2D eigenvalue weighted by atomic mass is 9.79. The molecule has 0 bridgehead atoms. The Balaban J connectivity index is 2.04. The first kappa shape index (κ1) is 19.9. The number of aromatic nitrogens is 2. The molecular formula is C22H32N4O. The van der Waals surface area contributed by atoms with Crippen molar-refractivity contribution in [3.8, 4) is 0 Å². The van der Waals surface area contributed by atoms with Crippen LogP contribution in [-0.4, -0.2) is 38.7 Å². The fourth-order valence-corrected chi connectivity index (χ4v) is 4.32. The molecule has 3 rings (SSSR count). The highest BCUT2D eigenvalue weighted by Crippen LogP contribution is 2.46. The van der Waals surface area contributed by atoms with Gasteiger partial charge >= 0.3 is 0 Å². The molecule has 1 aliphatic rings. The van der Waals surface area contributed by atoms with E-state index in [2.05, 4.69) is 30.9 Å². The van der Waals surface area contributed by atoms with E-state index in [0.717, 1.165) is 30.8 Å². The Hall–Kier alpha value is -1.82. The molecule has 0 unspecified atom stereocenters. The summed E-state index contributed by atoms with van der Waals surface area (Å²) >= 11 is 0. The second kappa shape index (κ2) is 8.46. The van der Waals surface area contributed by atoms with Crippen LogP contribution in [0.1, 0.15) is 67.2 Å². The summed E-state index contributed by atoms with van der Waals surface area (Å²) in [6.07, 6.45) is 7.08. The average molecular weight is 369 g/mol. The third-order valence-corrected chi connectivity index (χ3v) is 5.67. The summed E-state index contributed by atoms with van der Waals surface area (Å²) in [7, 11) is 0. The van der Waals surface area contributed by atoms with E-state index in [1.807, 2.05) is 31.5 Å². The molecule has 27 heavy (non-hydrogen) atoms. The second-order valence-electron chi connectivity index (χ2n) is 8.08. The van der Waals surface area contributed by atoms with Crippen LogP contribution in [0.5, 0.6) is 0 Å². The number of piperidine rings is 1. The maximum absolute atomic E-state index is 11.1. The molecule has 1 fully saturated rings. The summed E-state index contributed by atoms with van der Waals surface area (Å²) in [4.78, 5) is 11.9. The standard InChI is InChI=1S/C22H32N4O/c1-16-8-6-11-24-20(16)18-14-22(3,27)15-19(26(18)13-5-4-10-23)21-17(2)9-7-12-25-21/h6-9,11-12,18-19,27H,4-5,10,13-15,23H2,1-3H3/t18-,19+,22+. The van der Waals surface area contributed by atoms with Crippen molar-refractivity contribution in [3.63, 3.8) is 0 Å². The lowest BCUT2D eigenvalue weighted by molar-refractivity contribution is -0.0686. The monoisotopic (exact) mass is 368 g/mol. The van der Waals surface area contributed by atoms with Gasteiger partial charge < -0.3 is 10.8 Å². The van der Waals surface area contributed by atoms with E-state index < -0.39 is 5.60 Å². The highest BCUT2D eigenvalue weighted by atomic mass is 16.3. The van der Waals surface area contributed by atoms with E-state index in [9.17, 15) is 5.11 Å². The molecule has 2 aromatic rings. The van der Waals surface area contributed by atoms with Gasteiger partial charge in [0.15, 0.2) is 0 Å². The Bertz CT molecular complexity index is 704. The predicted octanol–water partition coefficient (Wildman–Crippen LogP) is 3.46. The van der Waals surface area contributed by atoms with Crippen molar-refractivity contribution in [1.82, 2.24) is 14.9 Å². The number of hydrogen-bond acceptors (Lipinski definition) is 5. The maximum Gasteiger partial charge on any atom is 0.0657 e. The first-order valence-electron chi connectivity index (χ1n) is 9.94. The number of nitrogens with two attached hydrogens (primary N) is 1. The first-order chi connectivity index (χ1) is 12.9. The normalized spacial score (nSPS) is 26.3. The number of aliphatic hydroxyl groups is 1. The molecule has 0 spiro atoms. The van der Waals surface area contributed by atoms with Crippen LogP contribution in [0.25, 0.3) is 0 Å². The summed E-state index contributed by atoms with van der Waals surface area (Å²) in [5.41, 5.74) is 9.44. The van der Waals surface area contributed by atoms with Crippen molar-refractivity contribution in [2.24, 2.45) is 5.73 Å². The molecule has 3 N–H and O–H groups in total. The van der Waals surface area contributed by atoms with Gasteiger partial charge in [-0.15, -0.1) is 0 Å². The van der Waals surface area contributed by atoms with Crippen molar-refractivity contribution in [1.29, 1.82) is 0 Å². The van der Waals surface area contributed by atoms with Crippen molar-refractivity contribution < 1.29 is 5.11 Å². The van der Waals surface area contributed by atoms with E-state index >= 15 is 0 Å². The fraction of sp³-hybridized carbons (Fsp3) is 0.545. The topological polar surface area (TPSA) is 75.3 Å². The van der Waals surface area contributed by atoms with Crippen LogP contribution in [0.15, 0.2) is 36.7 Å². The van der Waals surface area contributed by atoms with Crippen molar-refractivity contribution in [2.75, 3.05) is 13.1 Å². The average Bonchev–Trinajstić information content (AvgIpc) is 2.63. The number of rotatable bonds is 6. The summed E-state index contributed by atoms with van der Waals surface area (Å²) in [6.45, 7) is 7.77. The zero-order valence-electron chi connectivity index (χ0n) is 16.7. The third-order valence-electron chi connectivity index (χ3n) is 5.67. The Morgan fingerprint density at radius 3 is 2.00 bits per heavy atom. The number of unbranched alkanes of at least 4 members (excludes halogenated alkanes) is 1. The van der Waals surface area contributed by atoms with E-state index in [-0.39, 0.29) is 12.1 Å². The molecule has 5 heteroatoms. The molecule has 1 saturated heterocycles. The van der Waals surface area contributed by atoms with Crippen molar-refractivity contribution in [2.45, 2.75) is 64.1 Å². The number of hydrogen-bond donors (Lipinski definition) is 2. The first-order valence-corrected chi connectivity index (χ1v) is 9.94. The molecule has 0 saturated carbocycles. The summed E-state index contributed by atoms with van der Waals surface area (Å²) in [6, 6.07) is 8.28. The fourth-order valence-electron chi connectivity index (χ4n) is 4.32. The minimum Gasteiger partial charge on any atom is -0.390 e. The molecule has 0 aromatic carbocycles. The maximum atomic E-state index is 11.1. The lowest BCUT2D eigenvalue weighted by Gasteiger charge is -2.48. The third kappa shape index (κ3) is 4.54. The van der Waals surface area contributed by atoms with Crippen LogP contribution in [0.4, 0.5) is 0 Å². The van der Waals surface area contributed by atoms with E-state index in [1.54, 1.807) is 0 Å². The van der Waals surface area contributed by atoms with E-state index in [0.29, 0.717) is 19.4 Å². The summed E-state index contributed by atoms with van der Waals surface area (Å²) in [5.74, 6) is 0. The number of pyridine rings is 2. The van der Waals surface area contributed by atoms with E-state index in [4.69, 9.17) is 15.7 Å². The predicted molar refractivity (Wildman–Crippen MR) is 108 cm³/mol. The van der Waals surface area contributed by atoms with Gasteiger partial charge in [-0.25, -0.2) is 0 Å². The summed E-state index contributed by atoms with van der Waals surface area (Å²) < 4.78 is 0. The van der Waals surface area contributed by atoms with Gasteiger partial charge in [-0.2, -0.15) is 0 Å². The van der Waals surface area contributed by atoms with Gasteiger partial charge in [0, 0.05) is 12.4 Å². The summed E-state index contributed by atoms with van der Waals surface area (Å²) in [5, 5.41) is 11.1. The number of aryl methyl sites for hydroxylation is 2. The SMILES string of the molecule is Cc1cccnc1[C@H]1C[C@](C)(O)C[C@@H](c2ncccc2C)N1CCCCN. The Kier molecular flexibility index (Phi) is 6.25. The van der Waals surface area contributed by atoms with Crippen LogP contribution in [-0.2, 0) is 0 Å². The lowest BCUT2D eigenvalue weighted by Crippen LogP contribution is -2.47. The van der Waals surface area contributed by atoms with Gasteiger partial charge in [-0.3, -0.25) is 14.9 Å². The Morgan fingerprint density at radius 2 is 1.56 bits per heavy atom. The van der Waals surface area contributed by atoms with Crippen molar-refractivity contribution in [3.05, 3.63) is 59.2 Å². The minimum atomic E-state index is -0.756. The number of nitrogens with zero attached hydrogens (tertiary/aromatic N) is 3. The van der Waals surface area contributed by atoms with Crippen LogP contribution >= 0.6 is 0 Å². The zero-order valence-corrected chi connectivity index (χ0v) is 16.7. The molecule has 5 nitrogen and oxygen atoms in total. The smallest absolute Gasteiger partial charge is 0.0657 e. The zero-order chi connectivity index (χ0) is 19.4. The van der Waals surface area contributed by atoms with Crippen molar-refractivity contribution >= 4 is 0 Å². The molecule has 146 valence electrons. The van der Waals surface area contributed by atoms with Crippen LogP contribution in [0, 0.1) is 13.8 Å². The van der Waals surface area contributed by atoms with Gasteiger partial charge in [0.25, 0.3) is 0 Å². The second-order valence-corrected chi connectivity index (χ2v) is 8.08. The highest BCUT2D eigenvalue weighted by molar-refractivity contribution is 5.27. The molecular weight excluding hydrogens is 336 g/mol. The van der Waals surface area contributed by atoms with Crippen LogP contribution < -0.4 is 5.73 Å².